The Hall–Kier alpha value is -1.59. The van der Waals surface area contributed by atoms with Crippen LogP contribution in [0.15, 0.2) is 24.3 Å². The van der Waals surface area contributed by atoms with Crippen LogP contribution in [-0.4, -0.2) is 48.8 Å². The van der Waals surface area contributed by atoms with Gasteiger partial charge in [0.2, 0.25) is 0 Å². The number of aliphatic carboxylic acids is 1. The molecule has 1 aliphatic rings. The summed E-state index contributed by atoms with van der Waals surface area (Å²) in [5.41, 5.74) is 1.24. The number of benzene rings is 1. The molecule has 2 atom stereocenters. The molecule has 1 saturated heterocycles. The Balaban J connectivity index is 1.85. The van der Waals surface area contributed by atoms with Gasteiger partial charge in [0.15, 0.2) is 0 Å². The van der Waals surface area contributed by atoms with Crippen molar-refractivity contribution < 1.29 is 14.6 Å². The van der Waals surface area contributed by atoms with Crippen molar-refractivity contribution in [2.24, 2.45) is 5.92 Å². The molecule has 0 spiro atoms. The number of ether oxygens (including phenoxy) is 1. The molecule has 0 saturated carbocycles. The van der Waals surface area contributed by atoms with Crippen LogP contribution in [0.4, 0.5) is 0 Å². The van der Waals surface area contributed by atoms with Crippen LogP contribution < -0.4 is 10.1 Å². The lowest BCUT2D eigenvalue weighted by atomic mass is 9.99. The molecule has 5 nitrogen and oxygen atoms in total. The Morgan fingerprint density at radius 1 is 1.55 bits per heavy atom. The fourth-order valence-corrected chi connectivity index (χ4v) is 3.13. The van der Waals surface area contributed by atoms with Crippen LogP contribution in [-0.2, 0) is 11.3 Å². The summed E-state index contributed by atoms with van der Waals surface area (Å²) >= 11 is 0. The zero-order valence-corrected chi connectivity index (χ0v) is 13.4. The molecule has 0 aliphatic carbocycles. The number of methoxy groups -OCH3 is 1. The highest BCUT2D eigenvalue weighted by Gasteiger charge is 2.27. The molecule has 1 fully saturated rings. The summed E-state index contributed by atoms with van der Waals surface area (Å²) < 4.78 is 5.25. The number of carbonyl (C=O) groups is 1. The first-order valence-electron chi connectivity index (χ1n) is 7.93. The van der Waals surface area contributed by atoms with Gasteiger partial charge in [-0.25, -0.2) is 0 Å². The van der Waals surface area contributed by atoms with E-state index >= 15 is 0 Å². The third-order valence-electron chi connectivity index (χ3n) is 4.23. The minimum absolute atomic E-state index is 0.424. The number of carboxylic acid groups (broad SMARTS) is 1. The third-order valence-corrected chi connectivity index (χ3v) is 4.23. The van der Waals surface area contributed by atoms with Crippen molar-refractivity contribution in [3.63, 3.8) is 0 Å². The van der Waals surface area contributed by atoms with Gasteiger partial charge in [-0.15, -0.1) is 0 Å². The molecule has 1 aromatic rings. The Morgan fingerprint density at radius 3 is 3.05 bits per heavy atom. The predicted octanol–water partition coefficient (Wildman–Crippen LogP) is 1.97. The van der Waals surface area contributed by atoms with Gasteiger partial charge in [0.25, 0.3) is 0 Å². The van der Waals surface area contributed by atoms with Gasteiger partial charge < -0.3 is 15.2 Å². The minimum Gasteiger partial charge on any atom is -0.497 e. The van der Waals surface area contributed by atoms with Crippen LogP contribution in [0.5, 0.6) is 5.75 Å². The molecule has 122 valence electrons. The van der Waals surface area contributed by atoms with E-state index < -0.39 is 12.0 Å². The van der Waals surface area contributed by atoms with Crippen molar-refractivity contribution in [1.29, 1.82) is 0 Å². The van der Waals surface area contributed by atoms with Crippen molar-refractivity contribution in [3.05, 3.63) is 29.8 Å². The lowest BCUT2D eigenvalue weighted by Crippen LogP contribution is -2.38. The summed E-state index contributed by atoms with van der Waals surface area (Å²) in [4.78, 5) is 13.6. The van der Waals surface area contributed by atoms with Crippen molar-refractivity contribution in [1.82, 2.24) is 10.2 Å². The Morgan fingerprint density at radius 2 is 2.36 bits per heavy atom. The van der Waals surface area contributed by atoms with Crippen molar-refractivity contribution in [3.8, 4) is 5.75 Å². The van der Waals surface area contributed by atoms with E-state index in [-0.39, 0.29) is 0 Å². The van der Waals surface area contributed by atoms with Crippen LogP contribution >= 0.6 is 0 Å². The van der Waals surface area contributed by atoms with Crippen molar-refractivity contribution in [2.75, 3.05) is 26.7 Å². The van der Waals surface area contributed by atoms with E-state index in [9.17, 15) is 9.90 Å². The van der Waals surface area contributed by atoms with E-state index in [2.05, 4.69) is 22.3 Å². The van der Waals surface area contributed by atoms with Gasteiger partial charge in [-0.2, -0.15) is 0 Å². The Kier molecular flexibility index (Phi) is 6.21. The van der Waals surface area contributed by atoms with Gasteiger partial charge in [0, 0.05) is 13.1 Å². The monoisotopic (exact) mass is 306 g/mol. The zero-order valence-electron chi connectivity index (χ0n) is 13.4. The average molecular weight is 306 g/mol. The number of rotatable bonds is 8. The number of carboxylic acids is 1. The van der Waals surface area contributed by atoms with Crippen molar-refractivity contribution in [2.45, 2.75) is 32.4 Å². The van der Waals surface area contributed by atoms with E-state index in [1.165, 1.54) is 5.56 Å². The maximum absolute atomic E-state index is 11.2. The largest absolute Gasteiger partial charge is 0.497 e. The number of likely N-dealkylation sites (N-methyl/N-ethyl adjacent to an activating group) is 1. The number of likely N-dealkylation sites (tertiary alicyclic amines) is 1. The second-order valence-corrected chi connectivity index (χ2v) is 5.93. The van der Waals surface area contributed by atoms with Crippen LogP contribution in [0, 0.1) is 5.92 Å². The van der Waals surface area contributed by atoms with Crippen LogP contribution in [0.3, 0.4) is 0 Å². The molecular weight excluding hydrogens is 280 g/mol. The highest BCUT2D eigenvalue weighted by molar-refractivity contribution is 5.73. The molecule has 22 heavy (non-hydrogen) atoms. The molecule has 5 heteroatoms. The van der Waals surface area contributed by atoms with Crippen molar-refractivity contribution >= 4 is 5.97 Å². The second-order valence-electron chi connectivity index (χ2n) is 5.93. The highest BCUT2D eigenvalue weighted by atomic mass is 16.5. The lowest BCUT2D eigenvalue weighted by molar-refractivity contribution is -0.139. The number of nitrogens with one attached hydrogen (secondary N) is 1. The van der Waals surface area contributed by atoms with Crippen LogP contribution in [0.25, 0.3) is 0 Å². The van der Waals surface area contributed by atoms with Gasteiger partial charge in [-0.05, 0) is 49.5 Å². The number of nitrogens with zero attached hydrogens (tertiary/aromatic N) is 1. The molecule has 0 aromatic heterocycles. The van der Waals surface area contributed by atoms with Gasteiger partial charge in [-0.1, -0.05) is 19.1 Å². The van der Waals surface area contributed by atoms with E-state index in [0.717, 1.165) is 31.8 Å². The minimum atomic E-state index is -0.743. The Labute approximate surface area is 132 Å². The zero-order chi connectivity index (χ0) is 15.9. The summed E-state index contributed by atoms with van der Waals surface area (Å²) in [6.45, 7) is 5.52. The predicted molar refractivity (Wildman–Crippen MR) is 86.1 cm³/mol. The van der Waals surface area contributed by atoms with Gasteiger partial charge in [0.1, 0.15) is 11.8 Å². The molecule has 0 radical (unpaired) electrons. The smallest absolute Gasteiger partial charge is 0.320 e. The molecule has 2 rings (SSSR count). The first kappa shape index (κ1) is 16.8. The maximum atomic E-state index is 11.2. The van der Waals surface area contributed by atoms with E-state index in [1.807, 2.05) is 19.1 Å². The van der Waals surface area contributed by atoms with Gasteiger partial charge >= 0.3 is 5.97 Å². The SMILES string of the molecule is CCNC(CC1CCN(Cc2cccc(OC)c2)C1)C(=O)O. The number of hydrogen-bond acceptors (Lipinski definition) is 4. The molecule has 1 heterocycles. The van der Waals surface area contributed by atoms with E-state index in [4.69, 9.17) is 4.74 Å². The summed E-state index contributed by atoms with van der Waals surface area (Å²) in [6, 6.07) is 7.70. The summed E-state index contributed by atoms with van der Waals surface area (Å²) in [5, 5.41) is 12.3. The molecule has 1 aromatic carbocycles. The second kappa shape index (κ2) is 8.15. The molecular formula is C17H26N2O3. The Bertz CT molecular complexity index is 493. The normalized spacial score (nSPS) is 20.0. The molecule has 2 N–H and O–H groups in total. The summed E-state index contributed by atoms with van der Waals surface area (Å²) in [5.74, 6) is 0.588. The maximum Gasteiger partial charge on any atom is 0.320 e. The average Bonchev–Trinajstić information content (AvgIpc) is 2.94. The van der Waals surface area contributed by atoms with Gasteiger partial charge in [0.05, 0.1) is 7.11 Å². The summed E-state index contributed by atoms with van der Waals surface area (Å²) in [6.07, 6.45) is 1.77. The van der Waals surface area contributed by atoms with E-state index in [0.29, 0.717) is 18.9 Å². The summed E-state index contributed by atoms with van der Waals surface area (Å²) in [7, 11) is 1.68. The standard InChI is InChI=1S/C17H26N2O3/c1-3-18-16(17(20)21)10-14-7-8-19(12-14)11-13-5-4-6-15(9-13)22-2/h4-6,9,14,16,18H,3,7-8,10-12H2,1-2H3,(H,20,21). The van der Waals surface area contributed by atoms with Crippen LogP contribution in [0.1, 0.15) is 25.3 Å². The van der Waals surface area contributed by atoms with E-state index in [1.54, 1.807) is 7.11 Å². The molecule has 0 amide bonds. The highest BCUT2D eigenvalue weighted by Crippen LogP contribution is 2.24. The van der Waals surface area contributed by atoms with Gasteiger partial charge in [-0.3, -0.25) is 9.69 Å². The molecule has 2 unspecified atom stereocenters. The van der Waals surface area contributed by atoms with Crippen LogP contribution in [0.2, 0.25) is 0 Å². The molecule has 1 aliphatic heterocycles. The topological polar surface area (TPSA) is 61.8 Å². The third kappa shape index (κ3) is 4.71. The lowest BCUT2D eigenvalue weighted by Gasteiger charge is -2.19. The fourth-order valence-electron chi connectivity index (χ4n) is 3.13. The first-order chi connectivity index (χ1) is 10.6. The first-order valence-corrected chi connectivity index (χ1v) is 7.93. The fraction of sp³-hybridized carbons (Fsp3) is 0.588. The quantitative estimate of drug-likeness (QED) is 0.769. The molecule has 0 bridgehead atoms. The number of hydrogen-bond donors (Lipinski definition) is 2.